The highest BCUT2D eigenvalue weighted by Crippen LogP contribution is 2.24. The van der Waals surface area contributed by atoms with Crippen LogP contribution in [0.2, 0.25) is 0 Å². The standard InChI is InChI=1S/C13H16FN3/c1-2-17(11-5-6-16-9-11)13-4-3-10(8-15)7-12(13)14/h3-4,7,11,16H,2,5-6,9H2,1H3. The van der Waals surface area contributed by atoms with Crippen LogP contribution in [0, 0.1) is 17.1 Å². The van der Waals surface area contributed by atoms with Crippen LogP contribution in [-0.4, -0.2) is 25.7 Å². The van der Waals surface area contributed by atoms with Gasteiger partial charge in [-0.25, -0.2) is 4.39 Å². The van der Waals surface area contributed by atoms with Crippen LogP contribution in [0.1, 0.15) is 18.9 Å². The van der Waals surface area contributed by atoms with Crippen molar-refractivity contribution in [3.63, 3.8) is 0 Å². The van der Waals surface area contributed by atoms with Crippen LogP contribution in [0.15, 0.2) is 18.2 Å². The number of likely N-dealkylation sites (N-methyl/N-ethyl adjacent to an activating group) is 1. The van der Waals surface area contributed by atoms with Gasteiger partial charge in [-0.3, -0.25) is 0 Å². The molecule has 1 aromatic carbocycles. The van der Waals surface area contributed by atoms with Gasteiger partial charge in [-0.05, 0) is 38.1 Å². The van der Waals surface area contributed by atoms with Crippen molar-refractivity contribution in [1.82, 2.24) is 5.32 Å². The number of nitrogens with one attached hydrogen (secondary N) is 1. The number of hydrogen-bond acceptors (Lipinski definition) is 3. The molecule has 0 bridgehead atoms. The molecule has 0 aromatic heterocycles. The number of nitriles is 1. The van der Waals surface area contributed by atoms with Crippen LogP contribution >= 0.6 is 0 Å². The molecule has 1 unspecified atom stereocenters. The topological polar surface area (TPSA) is 39.1 Å². The predicted octanol–water partition coefficient (Wildman–Crippen LogP) is 1.89. The van der Waals surface area contributed by atoms with E-state index in [-0.39, 0.29) is 5.82 Å². The molecule has 0 saturated carbocycles. The van der Waals surface area contributed by atoms with Gasteiger partial charge in [0.05, 0.1) is 17.3 Å². The lowest BCUT2D eigenvalue weighted by atomic mass is 10.1. The summed E-state index contributed by atoms with van der Waals surface area (Å²) in [6, 6.07) is 6.98. The summed E-state index contributed by atoms with van der Waals surface area (Å²) < 4.78 is 13.9. The van der Waals surface area contributed by atoms with Crippen LogP contribution < -0.4 is 10.2 Å². The van der Waals surface area contributed by atoms with E-state index >= 15 is 0 Å². The van der Waals surface area contributed by atoms with Crippen LogP contribution in [0.4, 0.5) is 10.1 Å². The van der Waals surface area contributed by atoms with E-state index in [0.29, 0.717) is 17.3 Å². The molecule has 1 aromatic rings. The van der Waals surface area contributed by atoms with Crippen molar-refractivity contribution < 1.29 is 4.39 Å². The second kappa shape index (κ2) is 5.15. The molecule has 1 heterocycles. The monoisotopic (exact) mass is 233 g/mol. The van der Waals surface area contributed by atoms with E-state index in [9.17, 15) is 4.39 Å². The summed E-state index contributed by atoms with van der Waals surface area (Å²) in [5.41, 5.74) is 0.965. The third-order valence-electron chi connectivity index (χ3n) is 3.20. The van der Waals surface area contributed by atoms with Gasteiger partial charge in [0.2, 0.25) is 0 Å². The van der Waals surface area contributed by atoms with E-state index in [2.05, 4.69) is 10.2 Å². The second-order valence-electron chi connectivity index (χ2n) is 4.21. The van der Waals surface area contributed by atoms with E-state index in [4.69, 9.17) is 5.26 Å². The lowest BCUT2D eigenvalue weighted by Crippen LogP contribution is -2.37. The highest BCUT2D eigenvalue weighted by atomic mass is 19.1. The minimum atomic E-state index is -0.308. The number of anilines is 1. The fraction of sp³-hybridized carbons (Fsp3) is 0.462. The third kappa shape index (κ3) is 2.40. The molecule has 1 saturated heterocycles. The minimum Gasteiger partial charge on any atom is -0.365 e. The number of nitrogens with zero attached hydrogens (tertiary/aromatic N) is 2. The molecule has 1 N–H and O–H groups in total. The maximum atomic E-state index is 13.9. The van der Waals surface area contributed by atoms with Crippen molar-refractivity contribution in [2.24, 2.45) is 0 Å². The van der Waals surface area contributed by atoms with E-state index in [1.807, 2.05) is 13.0 Å². The van der Waals surface area contributed by atoms with Gasteiger partial charge in [-0.15, -0.1) is 0 Å². The first kappa shape index (κ1) is 11.9. The summed E-state index contributed by atoms with van der Waals surface area (Å²) in [7, 11) is 0. The van der Waals surface area contributed by atoms with Crippen LogP contribution in [0.3, 0.4) is 0 Å². The molecule has 2 rings (SSSR count). The lowest BCUT2D eigenvalue weighted by molar-refractivity contribution is 0.590. The molecule has 0 radical (unpaired) electrons. The molecular formula is C13H16FN3. The summed E-state index contributed by atoms with van der Waals surface area (Å²) in [5, 5.41) is 12.0. The Morgan fingerprint density at radius 2 is 2.41 bits per heavy atom. The summed E-state index contributed by atoms with van der Waals surface area (Å²) in [6.45, 7) is 4.68. The Labute approximate surface area is 101 Å². The molecule has 1 aliphatic rings. The maximum Gasteiger partial charge on any atom is 0.147 e. The number of hydrogen-bond donors (Lipinski definition) is 1. The van der Waals surface area contributed by atoms with Crippen molar-refractivity contribution in [2.75, 3.05) is 24.5 Å². The fourth-order valence-corrected chi connectivity index (χ4v) is 2.34. The molecule has 1 aliphatic heterocycles. The molecule has 4 heteroatoms. The van der Waals surface area contributed by atoms with E-state index < -0.39 is 0 Å². The van der Waals surface area contributed by atoms with Crippen molar-refractivity contribution in [3.05, 3.63) is 29.6 Å². The fourth-order valence-electron chi connectivity index (χ4n) is 2.34. The summed E-state index contributed by atoms with van der Waals surface area (Å²) >= 11 is 0. The highest BCUT2D eigenvalue weighted by Gasteiger charge is 2.23. The van der Waals surface area contributed by atoms with E-state index in [1.54, 1.807) is 12.1 Å². The van der Waals surface area contributed by atoms with E-state index in [0.717, 1.165) is 26.1 Å². The Hall–Kier alpha value is -1.60. The second-order valence-corrected chi connectivity index (χ2v) is 4.21. The van der Waals surface area contributed by atoms with Gasteiger partial charge in [0, 0.05) is 19.1 Å². The smallest absolute Gasteiger partial charge is 0.147 e. The zero-order valence-corrected chi connectivity index (χ0v) is 9.91. The zero-order chi connectivity index (χ0) is 12.3. The van der Waals surface area contributed by atoms with Gasteiger partial charge in [-0.2, -0.15) is 5.26 Å². The minimum absolute atomic E-state index is 0.308. The van der Waals surface area contributed by atoms with Crippen molar-refractivity contribution >= 4 is 5.69 Å². The zero-order valence-electron chi connectivity index (χ0n) is 9.91. The van der Waals surface area contributed by atoms with Gasteiger partial charge >= 0.3 is 0 Å². The summed E-state index contributed by atoms with van der Waals surface area (Å²) in [5.74, 6) is -0.308. The summed E-state index contributed by atoms with van der Waals surface area (Å²) in [4.78, 5) is 2.07. The average molecular weight is 233 g/mol. The van der Waals surface area contributed by atoms with Gasteiger partial charge < -0.3 is 10.2 Å². The first-order valence-electron chi connectivity index (χ1n) is 5.93. The van der Waals surface area contributed by atoms with Crippen molar-refractivity contribution in [3.8, 4) is 6.07 Å². The predicted molar refractivity (Wildman–Crippen MR) is 65.4 cm³/mol. The molecule has 1 fully saturated rings. The average Bonchev–Trinajstić information content (AvgIpc) is 2.85. The van der Waals surface area contributed by atoms with Gasteiger partial charge in [0.25, 0.3) is 0 Å². The Kier molecular flexibility index (Phi) is 3.60. The Morgan fingerprint density at radius 3 is 2.94 bits per heavy atom. The molecule has 0 amide bonds. The van der Waals surface area contributed by atoms with Crippen molar-refractivity contribution in [1.29, 1.82) is 5.26 Å². The number of rotatable bonds is 3. The van der Waals surface area contributed by atoms with Crippen LogP contribution in [0.25, 0.3) is 0 Å². The SMILES string of the molecule is CCN(c1ccc(C#N)cc1F)C1CCNC1. The Bertz CT molecular complexity index is 433. The van der Waals surface area contributed by atoms with Crippen LogP contribution in [0.5, 0.6) is 0 Å². The first-order valence-corrected chi connectivity index (χ1v) is 5.93. The third-order valence-corrected chi connectivity index (χ3v) is 3.20. The van der Waals surface area contributed by atoms with Gasteiger partial charge in [0.1, 0.15) is 5.82 Å². The summed E-state index contributed by atoms with van der Waals surface area (Å²) in [6.07, 6.45) is 1.04. The van der Waals surface area contributed by atoms with Gasteiger partial charge in [-0.1, -0.05) is 0 Å². The van der Waals surface area contributed by atoms with Crippen LogP contribution in [-0.2, 0) is 0 Å². The molecule has 0 aliphatic carbocycles. The normalized spacial score (nSPS) is 19.0. The maximum absolute atomic E-state index is 13.9. The molecule has 3 nitrogen and oxygen atoms in total. The molecular weight excluding hydrogens is 217 g/mol. The quantitative estimate of drug-likeness (QED) is 0.866. The molecule has 90 valence electrons. The Morgan fingerprint density at radius 1 is 1.59 bits per heavy atom. The molecule has 17 heavy (non-hydrogen) atoms. The number of benzene rings is 1. The Balaban J connectivity index is 2.27. The van der Waals surface area contributed by atoms with Crippen molar-refractivity contribution in [2.45, 2.75) is 19.4 Å². The highest BCUT2D eigenvalue weighted by molar-refractivity contribution is 5.52. The van der Waals surface area contributed by atoms with Gasteiger partial charge in [0.15, 0.2) is 0 Å². The molecule has 1 atom stereocenters. The first-order chi connectivity index (χ1) is 8.26. The lowest BCUT2D eigenvalue weighted by Gasteiger charge is -2.29. The largest absolute Gasteiger partial charge is 0.365 e. The number of halogens is 1. The van der Waals surface area contributed by atoms with E-state index in [1.165, 1.54) is 6.07 Å². The molecule has 0 spiro atoms.